The van der Waals surface area contributed by atoms with Crippen molar-refractivity contribution in [3.8, 4) is 23.3 Å². The third-order valence-corrected chi connectivity index (χ3v) is 2.77. The van der Waals surface area contributed by atoms with E-state index in [4.69, 9.17) is 14.6 Å². The SMILES string of the molecule is CC(O)=[SH]CC#Cc1ccc2c(c1)OCO2. The molecule has 3 nitrogen and oxygen atoms in total. The van der Waals surface area contributed by atoms with Crippen LogP contribution in [0.2, 0.25) is 0 Å². The Morgan fingerprint density at radius 2 is 2.25 bits per heavy atom. The van der Waals surface area contributed by atoms with Crippen LogP contribution in [0.15, 0.2) is 18.2 Å². The molecule has 0 aromatic heterocycles. The molecule has 0 aliphatic carbocycles. The Morgan fingerprint density at radius 3 is 3.06 bits per heavy atom. The van der Waals surface area contributed by atoms with E-state index in [9.17, 15) is 0 Å². The van der Waals surface area contributed by atoms with Gasteiger partial charge in [-0.05, 0) is 25.1 Å². The fraction of sp³-hybridized carbons (Fsp3) is 0.250. The Kier molecular flexibility index (Phi) is 3.50. The molecule has 0 unspecified atom stereocenters. The molecule has 0 saturated heterocycles. The lowest BCUT2D eigenvalue weighted by Gasteiger charge is -1.95. The normalized spacial score (nSPS) is 13.8. The molecule has 0 fully saturated rings. The number of aliphatic hydroxyl groups excluding tert-OH is 1. The van der Waals surface area contributed by atoms with Gasteiger partial charge in [-0.2, -0.15) is 11.4 Å². The summed E-state index contributed by atoms with van der Waals surface area (Å²) in [5, 5.41) is 9.37. The minimum atomic E-state index is 0.281. The van der Waals surface area contributed by atoms with Gasteiger partial charge in [-0.15, -0.1) is 0 Å². The van der Waals surface area contributed by atoms with Gasteiger partial charge < -0.3 is 14.6 Å². The van der Waals surface area contributed by atoms with Gasteiger partial charge in [0.15, 0.2) is 11.5 Å². The smallest absolute Gasteiger partial charge is 0.231 e. The van der Waals surface area contributed by atoms with Crippen LogP contribution in [0.3, 0.4) is 0 Å². The topological polar surface area (TPSA) is 38.7 Å². The van der Waals surface area contributed by atoms with Crippen LogP contribution < -0.4 is 9.47 Å². The van der Waals surface area contributed by atoms with Crippen molar-refractivity contribution in [2.75, 3.05) is 12.5 Å². The molecule has 4 heteroatoms. The Balaban J connectivity index is 2.08. The summed E-state index contributed by atoms with van der Waals surface area (Å²) in [6.07, 6.45) is 0. The molecule has 16 heavy (non-hydrogen) atoms. The van der Waals surface area contributed by atoms with E-state index >= 15 is 0 Å². The summed E-state index contributed by atoms with van der Waals surface area (Å²) in [4.78, 5) is 0. The molecule has 1 aromatic rings. The summed E-state index contributed by atoms with van der Waals surface area (Å²) in [6.45, 7) is 1.95. The molecule has 0 spiro atoms. The zero-order valence-electron chi connectivity index (χ0n) is 8.86. The molecule has 0 amide bonds. The predicted molar refractivity (Wildman–Crippen MR) is 66.6 cm³/mol. The zero-order chi connectivity index (χ0) is 11.4. The van der Waals surface area contributed by atoms with E-state index in [2.05, 4.69) is 11.8 Å². The van der Waals surface area contributed by atoms with Crippen molar-refractivity contribution in [1.82, 2.24) is 0 Å². The Labute approximate surface area is 98.0 Å². The van der Waals surface area contributed by atoms with Crippen LogP contribution in [0, 0.1) is 11.8 Å². The van der Waals surface area contributed by atoms with E-state index in [1.54, 1.807) is 6.92 Å². The fourth-order valence-electron chi connectivity index (χ4n) is 1.27. The number of hydrogen-bond donors (Lipinski definition) is 2. The van der Waals surface area contributed by atoms with Crippen molar-refractivity contribution in [2.24, 2.45) is 0 Å². The van der Waals surface area contributed by atoms with E-state index in [-0.39, 0.29) is 6.79 Å². The molecule has 84 valence electrons. The van der Waals surface area contributed by atoms with E-state index in [0.29, 0.717) is 10.8 Å². The van der Waals surface area contributed by atoms with Crippen LogP contribution in [0.4, 0.5) is 0 Å². The quantitative estimate of drug-likeness (QED) is 0.444. The van der Waals surface area contributed by atoms with Gasteiger partial charge in [0, 0.05) is 11.3 Å². The Bertz CT molecular complexity index is 479. The highest BCUT2D eigenvalue weighted by molar-refractivity contribution is 7.98. The van der Waals surface area contributed by atoms with Gasteiger partial charge in [0.25, 0.3) is 0 Å². The Morgan fingerprint density at radius 1 is 1.44 bits per heavy atom. The van der Waals surface area contributed by atoms with E-state index in [1.165, 1.54) is 0 Å². The lowest BCUT2D eigenvalue weighted by atomic mass is 10.2. The molecule has 1 heterocycles. The molecule has 2 rings (SSSR count). The van der Waals surface area contributed by atoms with Gasteiger partial charge in [0.2, 0.25) is 6.79 Å². The minimum Gasteiger partial charge on any atom is -0.454 e. The first-order chi connectivity index (χ1) is 7.75. The van der Waals surface area contributed by atoms with Crippen LogP contribution in [-0.2, 0) is 0 Å². The first-order valence-electron chi connectivity index (χ1n) is 4.84. The van der Waals surface area contributed by atoms with Crippen molar-refractivity contribution in [3.05, 3.63) is 23.8 Å². The maximum Gasteiger partial charge on any atom is 0.231 e. The number of benzene rings is 1. The molecule has 1 aliphatic heterocycles. The molecule has 1 aliphatic rings. The summed E-state index contributed by atoms with van der Waals surface area (Å²) in [6, 6.07) is 5.61. The number of fused-ring (bicyclic) bond motifs is 1. The van der Waals surface area contributed by atoms with Crippen molar-refractivity contribution in [2.45, 2.75) is 6.92 Å². The van der Waals surface area contributed by atoms with Crippen LogP contribution in [0.25, 0.3) is 0 Å². The monoisotopic (exact) mass is 236 g/mol. The predicted octanol–water partition coefficient (Wildman–Crippen LogP) is 1.94. The highest BCUT2D eigenvalue weighted by Crippen LogP contribution is 2.32. The van der Waals surface area contributed by atoms with Gasteiger partial charge in [-0.1, -0.05) is 11.8 Å². The van der Waals surface area contributed by atoms with Gasteiger partial charge in [0.1, 0.15) is 0 Å². The Hall–Kier alpha value is -1.44. The molecule has 0 radical (unpaired) electrons. The molecule has 0 atom stereocenters. The summed E-state index contributed by atoms with van der Waals surface area (Å²) in [7, 11) is 0. The number of aliphatic hydroxyl groups is 1. The van der Waals surface area contributed by atoms with Gasteiger partial charge in [-0.25, -0.2) is 0 Å². The zero-order valence-corrected chi connectivity index (χ0v) is 9.75. The largest absolute Gasteiger partial charge is 0.454 e. The maximum atomic E-state index is 8.98. The van der Waals surface area contributed by atoms with Crippen molar-refractivity contribution >= 4 is 16.4 Å². The van der Waals surface area contributed by atoms with Gasteiger partial charge in [-0.3, -0.25) is 0 Å². The summed E-state index contributed by atoms with van der Waals surface area (Å²) >= 11 is 0.855. The first-order valence-corrected chi connectivity index (χ1v) is 5.92. The third kappa shape index (κ3) is 2.78. The summed E-state index contributed by atoms with van der Waals surface area (Å²) in [5.41, 5.74) is 0.898. The van der Waals surface area contributed by atoms with E-state index < -0.39 is 0 Å². The van der Waals surface area contributed by atoms with E-state index in [1.807, 2.05) is 18.2 Å². The second-order valence-electron chi connectivity index (χ2n) is 3.23. The number of hydrogen-bond acceptors (Lipinski definition) is 2. The standard InChI is InChI=1S/C12H12O3S/c1-9(13)16-6-2-3-10-4-5-11-12(7-10)15-8-14-11/h4-5,7,13,16H,6,8H2,1H3. The molecule has 1 N–H and O–H groups in total. The summed E-state index contributed by atoms with van der Waals surface area (Å²) in [5.74, 6) is 8.14. The maximum absolute atomic E-state index is 8.98. The number of thiol groups is 1. The summed E-state index contributed by atoms with van der Waals surface area (Å²) < 4.78 is 10.5. The second-order valence-corrected chi connectivity index (χ2v) is 4.51. The lowest BCUT2D eigenvalue weighted by molar-refractivity contribution is 0.174. The molecular formula is C12H12O3S. The molecule has 0 bridgehead atoms. The van der Waals surface area contributed by atoms with Crippen LogP contribution in [0.5, 0.6) is 11.5 Å². The van der Waals surface area contributed by atoms with Gasteiger partial charge >= 0.3 is 0 Å². The average molecular weight is 236 g/mol. The second kappa shape index (κ2) is 5.06. The lowest BCUT2D eigenvalue weighted by Crippen LogP contribution is -1.92. The van der Waals surface area contributed by atoms with Crippen LogP contribution in [0.1, 0.15) is 12.5 Å². The van der Waals surface area contributed by atoms with Crippen molar-refractivity contribution in [1.29, 1.82) is 0 Å². The van der Waals surface area contributed by atoms with Crippen LogP contribution >= 0.6 is 11.4 Å². The minimum absolute atomic E-state index is 0.281. The highest BCUT2D eigenvalue weighted by Gasteiger charge is 2.12. The highest BCUT2D eigenvalue weighted by atomic mass is 32.1. The van der Waals surface area contributed by atoms with Crippen molar-refractivity contribution < 1.29 is 14.6 Å². The van der Waals surface area contributed by atoms with Gasteiger partial charge in [0.05, 0.1) is 5.05 Å². The molecule has 0 saturated carbocycles. The first kappa shape index (κ1) is 11.1. The van der Waals surface area contributed by atoms with Crippen LogP contribution in [-0.4, -0.2) is 22.7 Å². The third-order valence-electron chi connectivity index (χ3n) is 1.99. The average Bonchev–Trinajstić information content (AvgIpc) is 2.71. The number of rotatable bonds is 1. The molecule has 1 aromatic carbocycles. The molecular weight excluding hydrogens is 224 g/mol. The van der Waals surface area contributed by atoms with E-state index in [0.717, 1.165) is 28.4 Å². The van der Waals surface area contributed by atoms with Crippen molar-refractivity contribution in [3.63, 3.8) is 0 Å². The fourth-order valence-corrected chi connectivity index (χ4v) is 1.66. The number of ether oxygens (including phenoxy) is 2.